The maximum Gasteiger partial charge on any atom is 0.417 e. The predicted octanol–water partition coefficient (Wildman–Crippen LogP) is 3.60. The third kappa shape index (κ3) is 3.26. The van der Waals surface area contributed by atoms with E-state index in [1.54, 1.807) is 10.6 Å². The summed E-state index contributed by atoms with van der Waals surface area (Å²) in [7, 11) is 0. The van der Waals surface area contributed by atoms with Gasteiger partial charge in [0, 0.05) is 16.6 Å². The van der Waals surface area contributed by atoms with Gasteiger partial charge in [0.2, 0.25) is 0 Å². The minimum Gasteiger partial charge on any atom is -0.324 e. The second-order valence-corrected chi connectivity index (χ2v) is 5.40. The van der Waals surface area contributed by atoms with Gasteiger partial charge in [-0.25, -0.2) is 0 Å². The lowest BCUT2D eigenvalue weighted by atomic mass is 10.1. The topological polar surface area (TPSA) is 56.7 Å². The maximum absolute atomic E-state index is 13.2. The molecule has 0 atom stereocenters. The Balaban J connectivity index is 2.65. The molecule has 8 heteroatoms. The van der Waals surface area contributed by atoms with Crippen LogP contribution in [-0.4, -0.2) is 14.8 Å². The van der Waals surface area contributed by atoms with Crippen molar-refractivity contribution in [3.63, 3.8) is 0 Å². The Bertz CT molecular complexity index is 637. The van der Waals surface area contributed by atoms with E-state index in [1.807, 2.05) is 6.92 Å². The Morgan fingerprint density at radius 2 is 2.00 bits per heavy atom. The quantitative estimate of drug-likeness (QED) is 0.903. The van der Waals surface area contributed by atoms with Crippen molar-refractivity contribution in [3.05, 3.63) is 34.1 Å². The van der Waals surface area contributed by atoms with Crippen molar-refractivity contribution in [2.45, 2.75) is 32.6 Å². The smallest absolute Gasteiger partial charge is 0.324 e. The Hall–Kier alpha value is -1.41. The molecule has 0 saturated carbocycles. The number of alkyl halides is 3. The van der Waals surface area contributed by atoms with E-state index in [0.717, 1.165) is 12.5 Å². The van der Waals surface area contributed by atoms with Crippen LogP contribution in [0.3, 0.4) is 0 Å². The maximum atomic E-state index is 13.2. The molecule has 0 spiro atoms. The lowest BCUT2D eigenvalue weighted by molar-refractivity contribution is -0.137. The normalized spacial score (nSPS) is 11.9. The standard InChI is InChI=1S/C13H14BrF3N4/c1-2-5-21-11(7-18)19-20-12(21)9-4-3-8(14)6-10(9)13(15,16)17/h3-4,6H,2,5,7,18H2,1H3. The van der Waals surface area contributed by atoms with Gasteiger partial charge in [-0.3, -0.25) is 0 Å². The van der Waals surface area contributed by atoms with Crippen LogP contribution in [-0.2, 0) is 19.3 Å². The van der Waals surface area contributed by atoms with Crippen LogP contribution in [0.1, 0.15) is 24.7 Å². The fraction of sp³-hybridized carbons (Fsp3) is 0.385. The highest BCUT2D eigenvalue weighted by Crippen LogP contribution is 2.38. The van der Waals surface area contributed by atoms with E-state index >= 15 is 0 Å². The molecule has 0 amide bonds. The Morgan fingerprint density at radius 3 is 2.57 bits per heavy atom. The molecule has 1 heterocycles. The van der Waals surface area contributed by atoms with Crippen LogP contribution in [0.15, 0.2) is 22.7 Å². The van der Waals surface area contributed by atoms with Gasteiger partial charge in [0.15, 0.2) is 5.82 Å². The first-order valence-electron chi connectivity index (χ1n) is 6.37. The Morgan fingerprint density at radius 1 is 1.29 bits per heavy atom. The monoisotopic (exact) mass is 362 g/mol. The number of rotatable bonds is 4. The summed E-state index contributed by atoms with van der Waals surface area (Å²) in [6, 6.07) is 3.99. The molecule has 2 rings (SSSR count). The van der Waals surface area contributed by atoms with Gasteiger partial charge in [-0.1, -0.05) is 22.9 Å². The van der Waals surface area contributed by atoms with E-state index in [2.05, 4.69) is 26.1 Å². The van der Waals surface area contributed by atoms with Gasteiger partial charge in [-0.15, -0.1) is 10.2 Å². The van der Waals surface area contributed by atoms with Crippen molar-refractivity contribution < 1.29 is 13.2 Å². The molecule has 21 heavy (non-hydrogen) atoms. The molecule has 0 bridgehead atoms. The zero-order valence-electron chi connectivity index (χ0n) is 11.3. The van der Waals surface area contributed by atoms with E-state index < -0.39 is 11.7 Å². The average molecular weight is 363 g/mol. The van der Waals surface area contributed by atoms with Gasteiger partial charge in [0.05, 0.1) is 12.1 Å². The highest BCUT2D eigenvalue weighted by Gasteiger charge is 2.35. The van der Waals surface area contributed by atoms with E-state index in [1.165, 1.54) is 6.07 Å². The number of aromatic nitrogens is 3. The summed E-state index contributed by atoms with van der Waals surface area (Å²) < 4.78 is 41.6. The Labute approximate surface area is 128 Å². The molecule has 1 aromatic carbocycles. The van der Waals surface area contributed by atoms with Crippen LogP contribution < -0.4 is 5.73 Å². The highest BCUT2D eigenvalue weighted by molar-refractivity contribution is 9.10. The van der Waals surface area contributed by atoms with Crippen molar-refractivity contribution in [2.24, 2.45) is 5.73 Å². The van der Waals surface area contributed by atoms with Crippen LogP contribution >= 0.6 is 15.9 Å². The summed E-state index contributed by atoms with van der Waals surface area (Å²) in [5.74, 6) is 0.667. The molecular weight excluding hydrogens is 349 g/mol. The number of hydrogen-bond acceptors (Lipinski definition) is 3. The molecule has 0 aliphatic heterocycles. The van der Waals surface area contributed by atoms with E-state index in [4.69, 9.17) is 5.73 Å². The van der Waals surface area contributed by atoms with Gasteiger partial charge in [0.1, 0.15) is 5.82 Å². The summed E-state index contributed by atoms with van der Waals surface area (Å²) in [4.78, 5) is 0. The zero-order valence-corrected chi connectivity index (χ0v) is 12.9. The zero-order chi connectivity index (χ0) is 15.6. The molecule has 0 aliphatic rings. The summed E-state index contributed by atoms with van der Waals surface area (Å²) >= 11 is 3.07. The number of hydrogen-bond donors (Lipinski definition) is 1. The van der Waals surface area contributed by atoms with Gasteiger partial charge in [0.25, 0.3) is 0 Å². The lowest BCUT2D eigenvalue weighted by Crippen LogP contribution is -2.12. The predicted molar refractivity (Wildman–Crippen MR) is 76.3 cm³/mol. The van der Waals surface area contributed by atoms with E-state index in [9.17, 15) is 13.2 Å². The first kappa shape index (κ1) is 16.0. The Kier molecular flexibility index (Phi) is 4.67. The molecular formula is C13H14BrF3N4. The van der Waals surface area contributed by atoms with Crippen LogP contribution in [0.5, 0.6) is 0 Å². The lowest BCUT2D eigenvalue weighted by Gasteiger charge is -2.14. The molecule has 0 aliphatic carbocycles. The van der Waals surface area contributed by atoms with Crippen LogP contribution in [0.4, 0.5) is 13.2 Å². The van der Waals surface area contributed by atoms with Gasteiger partial charge in [-0.2, -0.15) is 13.2 Å². The van der Waals surface area contributed by atoms with Gasteiger partial charge < -0.3 is 10.3 Å². The third-order valence-corrected chi connectivity index (χ3v) is 3.48. The van der Waals surface area contributed by atoms with Gasteiger partial charge >= 0.3 is 6.18 Å². The minimum absolute atomic E-state index is 0.00588. The van der Waals surface area contributed by atoms with Crippen molar-refractivity contribution >= 4 is 15.9 Å². The summed E-state index contributed by atoms with van der Waals surface area (Å²) in [5.41, 5.74) is 4.83. The first-order valence-corrected chi connectivity index (χ1v) is 7.17. The fourth-order valence-electron chi connectivity index (χ4n) is 2.09. The average Bonchev–Trinajstić information content (AvgIpc) is 2.81. The molecule has 1 aromatic heterocycles. The molecule has 114 valence electrons. The van der Waals surface area contributed by atoms with E-state index in [-0.39, 0.29) is 17.9 Å². The van der Waals surface area contributed by atoms with Gasteiger partial charge in [-0.05, 0) is 24.6 Å². The summed E-state index contributed by atoms with van der Waals surface area (Å²) in [5, 5.41) is 7.78. The van der Waals surface area contributed by atoms with Crippen molar-refractivity contribution in [2.75, 3.05) is 0 Å². The third-order valence-electron chi connectivity index (χ3n) is 2.99. The molecule has 0 saturated heterocycles. The first-order chi connectivity index (χ1) is 9.88. The molecule has 0 unspecified atom stereocenters. The number of benzene rings is 1. The SMILES string of the molecule is CCCn1c(CN)nnc1-c1ccc(Br)cc1C(F)(F)F. The van der Waals surface area contributed by atoms with E-state index in [0.29, 0.717) is 16.8 Å². The second kappa shape index (κ2) is 6.15. The van der Waals surface area contributed by atoms with Crippen LogP contribution in [0.25, 0.3) is 11.4 Å². The largest absolute Gasteiger partial charge is 0.417 e. The number of nitrogens with zero attached hydrogens (tertiary/aromatic N) is 3. The summed E-state index contributed by atoms with van der Waals surface area (Å²) in [6.07, 6.45) is -3.72. The number of nitrogens with two attached hydrogens (primary N) is 1. The highest BCUT2D eigenvalue weighted by atomic mass is 79.9. The molecule has 2 aromatic rings. The molecule has 0 fully saturated rings. The molecule has 0 radical (unpaired) electrons. The fourth-order valence-corrected chi connectivity index (χ4v) is 2.45. The van der Waals surface area contributed by atoms with Crippen LogP contribution in [0, 0.1) is 0 Å². The summed E-state index contributed by atoms with van der Waals surface area (Å²) in [6.45, 7) is 2.57. The van der Waals surface area contributed by atoms with Crippen molar-refractivity contribution in [3.8, 4) is 11.4 Å². The van der Waals surface area contributed by atoms with Crippen molar-refractivity contribution in [1.82, 2.24) is 14.8 Å². The van der Waals surface area contributed by atoms with Crippen molar-refractivity contribution in [1.29, 1.82) is 0 Å². The number of halogens is 4. The second-order valence-electron chi connectivity index (χ2n) is 4.48. The molecule has 4 nitrogen and oxygen atoms in total. The molecule has 2 N–H and O–H groups in total. The van der Waals surface area contributed by atoms with Crippen LogP contribution in [0.2, 0.25) is 0 Å². The minimum atomic E-state index is -4.47.